The van der Waals surface area contributed by atoms with E-state index in [1.165, 1.54) is 5.56 Å². The number of thiophene rings is 1. The smallest absolute Gasteiger partial charge is 0.228 e. The van der Waals surface area contributed by atoms with Gasteiger partial charge in [-0.2, -0.15) is 11.3 Å². The Morgan fingerprint density at radius 3 is 2.85 bits per heavy atom. The Kier molecular flexibility index (Phi) is 7.51. The average molecular weight is 319 g/mol. The third kappa shape index (κ3) is 4.45. The highest BCUT2D eigenvalue weighted by Gasteiger charge is 2.39. The van der Waals surface area contributed by atoms with E-state index in [-0.39, 0.29) is 23.7 Å². The van der Waals surface area contributed by atoms with Gasteiger partial charge in [0, 0.05) is 13.7 Å². The van der Waals surface area contributed by atoms with Crippen molar-refractivity contribution in [2.75, 3.05) is 33.4 Å². The fourth-order valence-electron chi connectivity index (χ4n) is 2.56. The van der Waals surface area contributed by atoms with Gasteiger partial charge in [0.2, 0.25) is 5.91 Å². The zero-order chi connectivity index (χ0) is 13.6. The predicted molar refractivity (Wildman–Crippen MR) is 84.7 cm³/mol. The molecule has 4 nitrogen and oxygen atoms in total. The molecule has 1 aliphatic rings. The van der Waals surface area contributed by atoms with Gasteiger partial charge in [-0.15, -0.1) is 12.4 Å². The summed E-state index contributed by atoms with van der Waals surface area (Å²) in [5.74, 6) is 0.145. The van der Waals surface area contributed by atoms with Crippen molar-refractivity contribution in [2.24, 2.45) is 5.41 Å². The quantitative estimate of drug-likeness (QED) is 0.841. The molecule has 0 bridgehead atoms. The number of rotatable bonds is 6. The predicted octanol–water partition coefficient (Wildman–Crippen LogP) is 1.84. The van der Waals surface area contributed by atoms with E-state index < -0.39 is 0 Å². The van der Waals surface area contributed by atoms with E-state index in [9.17, 15) is 4.79 Å². The van der Waals surface area contributed by atoms with Crippen molar-refractivity contribution in [2.45, 2.75) is 19.3 Å². The van der Waals surface area contributed by atoms with Crippen molar-refractivity contribution in [3.05, 3.63) is 22.4 Å². The summed E-state index contributed by atoms with van der Waals surface area (Å²) in [7, 11) is 1.67. The van der Waals surface area contributed by atoms with E-state index in [1.54, 1.807) is 18.4 Å². The third-order valence-corrected chi connectivity index (χ3v) is 4.47. The van der Waals surface area contributed by atoms with Gasteiger partial charge in [0.1, 0.15) is 0 Å². The Labute approximate surface area is 130 Å². The standard InChI is InChI=1S/C14H22N2O2S.ClH/c1-18-11-14(4-7-15-8-5-14)13(17)16-6-2-12-3-9-19-10-12;/h3,9-10,15H,2,4-8,11H2,1H3,(H,16,17);1H. The number of methoxy groups -OCH3 is 1. The highest BCUT2D eigenvalue weighted by molar-refractivity contribution is 7.07. The summed E-state index contributed by atoms with van der Waals surface area (Å²) in [4.78, 5) is 12.4. The summed E-state index contributed by atoms with van der Waals surface area (Å²) in [6.07, 6.45) is 2.60. The summed E-state index contributed by atoms with van der Waals surface area (Å²) in [5, 5.41) is 10.6. The zero-order valence-electron chi connectivity index (χ0n) is 11.8. The maximum Gasteiger partial charge on any atom is 0.228 e. The molecule has 0 saturated carbocycles. The van der Waals surface area contributed by atoms with Gasteiger partial charge in [0.05, 0.1) is 12.0 Å². The number of piperidine rings is 1. The van der Waals surface area contributed by atoms with Crippen LogP contribution in [0.5, 0.6) is 0 Å². The lowest BCUT2D eigenvalue weighted by Gasteiger charge is -2.35. The highest BCUT2D eigenvalue weighted by Crippen LogP contribution is 2.29. The Balaban J connectivity index is 0.00000200. The number of carbonyl (C=O) groups is 1. The van der Waals surface area contributed by atoms with Crippen molar-refractivity contribution < 1.29 is 9.53 Å². The van der Waals surface area contributed by atoms with Crippen LogP contribution in [0.2, 0.25) is 0 Å². The highest BCUT2D eigenvalue weighted by atomic mass is 35.5. The van der Waals surface area contributed by atoms with Crippen LogP contribution < -0.4 is 10.6 Å². The molecule has 1 aromatic heterocycles. The van der Waals surface area contributed by atoms with Crippen LogP contribution in [0.25, 0.3) is 0 Å². The Bertz CT molecular complexity index is 386. The van der Waals surface area contributed by atoms with E-state index in [2.05, 4.69) is 27.5 Å². The molecule has 1 fully saturated rings. The molecule has 1 amide bonds. The summed E-state index contributed by atoms with van der Waals surface area (Å²) in [6, 6.07) is 2.10. The topological polar surface area (TPSA) is 50.4 Å². The molecule has 2 rings (SSSR count). The van der Waals surface area contributed by atoms with Crippen LogP contribution >= 0.6 is 23.7 Å². The number of amides is 1. The van der Waals surface area contributed by atoms with Crippen molar-refractivity contribution in [3.8, 4) is 0 Å². The van der Waals surface area contributed by atoms with Crippen LogP contribution in [0.15, 0.2) is 16.8 Å². The third-order valence-electron chi connectivity index (χ3n) is 3.74. The number of halogens is 1. The van der Waals surface area contributed by atoms with Crippen molar-refractivity contribution in [1.29, 1.82) is 0 Å². The average Bonchev–Trinajstić information content (AvgIpc) is 2.93. The SMILES string of the molecule is COCC1(C(=O)NCCc2ccsc2)CCNCC1.Cl. The van der Waals surface area contributed by atoms with Crippen LogP contribution in [0.4, 0.5) is 0 Å². The molecule has 6 heteroatoms. The molecule has 2 N–H and O–H groups in total. The van der Waals surface area contributed by atoms with Crippen LogP contribution in [0, 0.1) is 5.41 Å². The normalized spacial score (nSPS) is 17.2. The lowest BCUT2D eigenvalue weighted by molar-refractivity contribution is -0.136. The molecule has 0 spiro atoms. The molecule has 20 heavy (non-hydrogen) atoms. The Morgan fingerprint density at radius 2 is 2.25 bits per heavy atom. The molecule has 0 aliphatic carbocycles. The molecule has 1 aromatic rings. The minimum Gasteiger partial charge on any atom is -0.384 e. The number of carbonyl (C=O) groups excluding carboxylic acids is 1. The van der Waals surface area contributed by atoms with E-state index in [4.69, 9.17) is 4.74 Å². The first-order chi connectivity index (χ1) is 9.27. The largest absolute Gasteiger partial charge is 0.384 e. The number of hydrogen-bond acceptors (Lipinski definition) is 4. The summed E-state index contributed by atoms with van der Waals surface area (Å²) in [6.45, 7) is 3.00. The van der Waals surface area contributed by atoms with Crippen LogP contribution in [-0.4, -0.2) is 39.3 Å². The lowest BCUT2D eigenvalue weighted by atomic mass is 9.78. The molecule has 114 valence electrons. The Morgan fingerprint density at radius 1 is 1.50 bits per heavy atom. The maximum absolute atomic E-state index is 12.4. The number of hydrogen-bond donors (Lipinski definition) is 2. The minimum absolute atomic E-state index is 0. The second kappa shape index (κ2) is 8.62. The van der Waals surface area contributed by atoms with Crippen LogP contribution in [0.1, 0.15) is 18.4 Å². The van der Waals surface area contributed by atoms with Gasteiger partial charge >= 0.3 is 0 Å². The van der Waals surface area contributed by atoms with Crippen molar-refractivity contribution in [1.82, 2.24) is 10.6 Å². The molecular weight excluding hydrogens is 296 g/mol. The van der Waals surface area contributed by atoms with Gasteiger partial charge in [-0.05, 0) is 54.7 Å². The first kappa shape index (κ1) is 17.4. The molecule has 1 saturated heterocycles. The fraction of sp³-hybridized carbons (Fsp3) is 0.643. The summed E-state index contributed by atoms with van der Waals surface area (Å²) in [5.41, 5.74) is 0.950. The van der Waals surface area contributed by atoms with Gasteiger partial charge in [-0.3, -0.25) is 4.79 Å². The number of ether oxygens (including phenoxy) is 1. The Hall–Kier alpha value is -0.620. The van der Waals surface area contributed by atoms with Gasteiger partial charge < -0.3 is 15.4 Å². The lowest BCUT2D eigenvalue weighted by Crippen LogP contribution is -2.50. The first-order valence-electron chi connectivity index (χ1n) is 6.76. The van der Waals surface area contributed by atoms with E-state index in [0.29, 0.717) is 13.2 Å². The summed E-state index contributed by atoms with van der Waals surface area (Å²) < 4.78 is 5.27. The molecule has 0 unspecified atom stereocenters. The van der Waals surface area contributed by atoms with Gasteiger partial charge in [-0.1, -0.05) is 0 Å². The van der Waals surface area contributed by atoms with Gasteiger partial charge in [0.25, 0.3) is 0 Å². The van der Waals surface area contributed by atoms with Crippen LogP contribution in [0.3, 0.4) is 0 Å². The molecular formula is C14H23ClN2O2S. The number of nitrogens with one attached hydrogen (secondary N) is 2. The zero-order valence-corrected chi connectivity index (χ0v) is 13.4. The molecule has 0 aromatic carbocycles. The monoisotopic (exact) mass is 318 g/mol. The fourth-order valence-corrected chi connectivity index (χ4v) is 3.26. The molecule has 1 aliphatic heterocycles. The van der Waals surface area contributed by atoms with E-state index in [0.717, 1.165) is 32.4 Å². The van der Waals surface area contributed by atoms with Gasteiger partial charge in [0.15, 0.2) is 0 Å². The van der Waals surface area contributed by atoms with Crippen molar-refractivity contribution in [3.63, 3.8) is 0 Å². The van der Waals surface area contributed by atoms with E-state index >= 15 is 0 Å². The van der Waals surface area contributed by atoms with Gasteiger partial charge in [-0.25, -0.2) is 0 Å². The van der Waals surface area contributed by atoms with Crippen LogP contribution in [-0.2, 0) is 16.0 Å². The van der Waals surface area contributed by atoms with Crippen molar-refractivity contribution >= 4 is 29.7 Å². The summed E-state index contributed by atoms with van der Waals surface area (Å²) >= 11 is 1.69. The second-order valence-electron chi connectivity index (χ2n) is 5.10. The maximum atomic E-state index is 12.4. The molecule has 0 radical (unpaired) electrons. The molecule has 2 heterocycles. The van der Waals surface area contributed by atoms with E-state index in [1.807, 2.05) is 0 Å². The molecule has 0 atom stereocenters. The minimum atomic E-state index is -0.339. The second-order valence-corrected chi connectivity index (χ2v) is 5.88. The first-order valence-corrected chi connectivity index (χ1v) is 7.70.